The number of benzene rings is 2. The van der Waals surface area contributed by atoms with Gasteiger partial charge in [-0.2, -0.15) is 0 Å². The standard InChI is InChI=1S/C25H25FN2O2/c1-4-22-23(15-21-13-17(2)12-18(3)14-21)28(25(30)27-24(22)29)16-20-9-7-19(8-10-20)6-5-11-26/h7-10,12-14H,4,11,15-16H2,1-3H3,(H,27,29,30). The molecule has 0 bridgehead atoms. The molecule has 154 valence electrons. The smallest absolute Gasteiger partial charge is 0.293 e. The Morgan fingerprint density at radius 1 is 1.00 bits per heavy atom. The highest BCUT2D eigenvalue weighted by molar-refractivity contribution is 5.37. The van der Waals surface area contributed by atoms with E-state index in [0.717, 1.165) is 33.5 Å². The lowest BCUT2D eigenvalue weighted by Gasteiger charge is -2.17. The first kappa shape index (κ1) is 21.3. The summed E-state index contributed by atoms with van der Waals surface area (Å²) < 4.78 is 13.9. The van der Waals surface area contributed by atoms with E-state index in [0.29, 0.717) is 24.9 Å². The second kappa shape index (κ2) is 9.41. The average Bonchev–Trinajstić information content (AvgIpc) is 2.69. The largest absolute Gasteiger partial charge is 0.328 e. The fraction of sp³-hybridized carbons (Fsp3) is 0.280. The minimum absolute atomic E-state index is 0.324. The molecule has 0 aliphatic carbocycles. The van der Waals surface area contributed by atoms with Crippen LogP contribution in [0.15, 0.2) is 52.1 Å². The van der Waals surface area contributed by atoms with Crippen molar-refractivity contribution in [3.8, 4) is 11.8 Å². The van der Waals surface area contributed by atoms with Crippen molar-refractivity contribution >= 4 is 0 Å². The molecular formula is C25H25FN2O2. The topological polar surface area (TPSA) is 54.9 Å². The molecule has 0 aliphatic heterocycles. The van der Waals surface area contributed by atoms with Gasteiger partial charge in [-0.25, -0.2) is 9.18 Å². The zero-order valence-electron chi connectivity index (χ0n) is 17.5. The highest BCUT2D eigenvalue weighted by Gasteiger charge is 2.15. The van der Waals surface area contributed by atoms with Crippen LogP contribution in [0.5, 0.6) is 0 Å². The van der Waals surface area contributed by atoms with Gasteiger partial charge < -0.3 is 0 Å². The van der Waals surface area contributed by atoms with Gasteiger partial charge in [0.2, 0.25) is 0 Å². The first-order chi connectivity index (χ1) is 14.4. The summed E-state index contributed by atoms with van der Waals surface area (Å²) in [4.78, 5) is 27.6. The molecule has 1 N–H and O–H groups in total. The molecule has 0 saturated carbocycles. The molecule has 5 heteroatoms. The van der Waals surface area contributed by atoms with Gasteiger partial charge in [0, 0.05) is 23.2 Å². The Bertz CT molecular complexity index is 1200. The van der Waals surface area contributed by atoms with E-state index in [1.54, 1.807) is 16.7 Å². The van der Waals surface area contributed by atoms with Crippen molar-refractivity contribution in [2.45, 2.75) is 40.2 Å². The Labute approximate surface area is 175 Å². The number of hydrogen-bond acceptors (Lipinski definition) is 2. The average molecular weight is 404 g/mol. The Balaban J connectivity index is 2.05. The molecule has 30 heavy (non-hydrogen) atoms. The maximum Gasteiger partial charge on any atom is 0.328 e. The Morgan fingerprint density at radius 3 is 2.27 bits per heavy atom. The van der Waals surface area contributed by atoms with Crippen LogP contribution in [0.25, 0.3) is 0 Å². The highest BCUT2D eigenvalue weighted by atomic mass is 19.1. The van der Waals surface area contributed by atoms with Crippen LogP contribution in [0.3, 0.4) is 0 Å². The minimum atomic E-state index is -0.684. The van der Waals surface area contributed by atoms with Gasteiger partial charge in [0.05, 0.1) is 6.54 Å². The summed E-state index contributed by atoms with van der Waals surface area (Å²) in [5.41, 5.74) is 5.59. The van der Waals surface area contributed by atoms with E-state index in [-0.39, 0.29) is 5.56 Å². The first-order valence-electron chi connectivity index (χ1n) is 9.97. The number of halogens is 1. The summed E-state index contributed by atoms with van der Waals surface area (Å²) in [6.07, 6.45) is 1.04. The van der Waals surface area contributed by atoms with Gasteiger partial charge in [-0.1, -0.05) is 60.2 Å². The fourth-order valence-corrected chi connectivity index (χ4v) is 3.77. The van der Waals surface area contributed by atoms with Crippen LogP contribution < -0.4 is 11.2 Å². The Hall–Kier alpha value is -3.39. The van der Waals surface area contributed by atoms with E-state index in [1.165, 1.54) is 0 Å². The second-order valence-corrected chi connectivity index (χ2v) is 7.43. The van der Waals surface area contributed by atoms with E-state index in [4.69, 9.17) is 0 Å². The molecule has 4 nitrogen and oxygen atoms in total. The molecule has 0 fully saturated rings. The highest BCUT2D eigenvalue weighted by Crippen LogP contribution is 2.16. The molecule has 2 aromatic carbocycles. The van der Waals surface area contributed by atoms with Gasteiger partial charge >= 0.3 is 5.69 Å². The van der Waals surface area contributed by atoms with Crippen LogP contribution in [-0.4, -0.2) is 16.2 Å². The van der Waals surface area contributed by atoms with Crippen LogP contribution >= 0.6 is 0 Å². The molecule has 3 aromatic rings. The third kappa shape index (κ3) is 4.96. The number of H-pyrrole nitrogens is 1. The summed E-state index contributed by atoms with van der Waals surface area (Å²) in [6.45, 7) is 5.64. The summed E-state index contributed by atoms with van der Waals surface area (Å²) in [5, 5.41) is 0. The van der Waals surface area contributed by atoms with Gasteiger partial charge in [-0.05, 0) is 43.5 Å². The van der Waals surface area contributed by atoms with Crippen LogP contribution in [-0.2, 0) is 19.4 Å². The molecule has 0 radical (unpaired) electrons. The number of aromatic amines is 1. The van der Waals surface area contributed by atoms with E-state index >= 15 is 0 Å². The fourth-order valence-electron chi connectivity index (χ4n) is 3.77. The predicted octanol–water partition coefficient (Wildman–Crippen LogP) is 3.68. The van der Waals surface area contributed by atoms with E-state index in [2.05, 4.69) is 35.0 Å². The zero-order chi connectivity index (χ0) is 21.7. The third-order valence-corrected chi connectivity index (χ3v) is 5.01. The van der Waals surface area contributed by atoms with Crippen molar-refractivity contribution in [2.24, 2.45) is 0 Å². The number of nitrogens with one attached hydrogen (secondary N) is 1. The summed E-state index contributed by atoms with van der Waals surface area (Å²) in [5.74, 6) is 5.13. The van der Waals surface area contributed by atoms with Crippen molar-refractivity contribution in [3.05, 3.63) is 102 Å². The molecule has 0 atom stereocenters. The normalized spacial score (nSPS) is 10.5. The zero-order valence-corrected chi connectivity index (χ0v) is 17.5. The van der Waals surface area contributed by atoms with Crippen molar-refractivity contribution in [1.82, 2.24) is 9.55 Å². The maximum absolute atomic E-state index is 12.7. The van der Waals surface area contributed by atoms with E-state index < -0.39 is 12.4 Å². The third-order valence-electron chi connectivity index (χ3n) is 5.01. The van der Waals surface area contributed by atoms with Gasteiger partial charge in [0.15, 0.2) is 6.67 Å². The maximum atomic E-state index is 12.7. The summed E-state index contributed by atoms with van der Waals surface area (Å²) in [6, 6.07) is 13.6. The molecule has 3 rings (SSSR count). The quantitative estimate of drug-likeness (QED) is 0.660. The SMILES string of the molecule is CCc1c(Cc2cc(C)cc(C)c2)n(Cc2ccc(C#CCF)cc2)c(=O)[nH]c1=O. The predicted molar refractivity (Wildman–Crippen MR) is 118 cm³/mol. The second-order valence-electron chi connectivity index (χ2n) is 7.43. The van der Waals surface area contributed by atoms with E-state index in [9.17, 15) is 14.0 Å². The van der Waals surface area contributed by atoms with Gasteiger partial charge in [-0.15, -0.1) is 0 Å². The molecule has 0 aliphatic rings. The van der Waals surface area contributed by atoms with Crippen LogP contribution in [0, 0.1) is 25.7 Å². The van der Waals surface area contributed by atoms with Crippen molar-refractivity contribution < 1.29 is 4.39 Å². The van der Waals surface area contributed by atoms with E-state index in [1.807, 2.05) is 32.9 Å². The molecule has 1 heterocycles. The lowest BCUT2D eigenvalue weighted by Crippen LogP contribution is -2.35. The molecule has 0 amide bonds. The lowest BCUT2D eigenvalue weighted by molar-refractivity contribution is 0.573. The lowest BCUT2D eigenvalue weighted by atomic mass is 10.00. The molecule has 1 aromatic heterocycles. The number of aryl methyl sites for hydroxylation is 2. The summed E-state index contributed by atoms with van der Waals surface area (Å²) >= 11 is 0. The molecule has 0 saturated heterocycles. The van der Waals surface area contributed by atoms with Crippen LogP contribution in [0.1, 0.15) is 46.0 Å². The Kier molecular flexibility index (Phi) is 6.68. The number of nitrogens with zero attached hydrogens (tertiary/aromatic N) is 1. The van der Waals surface area contributed by atoms with Crippen molar-refractivity contribution in [1.29, 1.82) is 0 Å². The minimum Gasteiger partial charge on any atom is -0.293 e. The first-order valence-corrected chi connectivity index (χ1v) is 9.97. The van der Waals surface area contributed by atoms with Gasteiger partial charge in [-0.3, -0.25) is 14.3 Å². The van der Waals surface area contributed by atoms with Gasteiger partial charge in [0.25, 0.3) is 5.56 Å². The van der Waals surface area contributed by atoms with Crippen molar-refractivity contribution in [2.75, 3.05) is 6.67 Å². The number of alkyl halides is 1. The van der Waals surface area contributed by atoms with Crippen LogP contribution in [0.4, 0.5) is 4.39 Å². The Morgan fingerprint density at radius 2 is 1.67 bits per heavy atom. The van der Waals surface area contributed by atoms with Gasteiger partial charge in [0.1, 0.15) is 0 Å². The summed E-state index contributed by atoms with van der Waals surface area (Å²) in [7, 11) is 0. The van der Waals surface area contributed by atoms with Crippen LogP contribution in [0.2, 0.25) is 0 Å². The number of hydrogen-bond donors (Lipinski definition) is 1. The molecular weight excluding hydrogens is 379 g/mol. The monoisotopic (exact) mass is 404 g/mol. The van der Waals surface area contributed by atoms with Crippen molar-refractivity contribution in [3.63, 3.8) is 0 Å². The molecule has 0 spiro atoms. The number of aromatic nitrogens is 2. The number of rotatable bonds is 5. The molecule has 0 unspecified atom stereocenters.